The largest absolute Gasteiger partial charge is 0.322 e. The lowest BCUT2D eigenvalue weighted by Gasteiger charge is -2.08. The molecule has 1 N–H and O–H groups in total. The highest BCUT2D eigenvalue weighted by molar-refractivity contribution is 6.30. The summed E-state index contributed by atoms with van der Waals surface area (Å²) >= 11 is 5.89. The number of anilines is 1. The first-order valence-corrected chi connectivity index (χ1v) is 9.83. The average Bonchev–Trinajstić information content (AvgIpc) is 3.11. The molecular formula is C23H21ClN4O. The minimum Gasteiger partial charge on any atom is -0.322 e. The van der Waals surface area contributed by atoms with Crippen LogP contribution in [0.25, 0.3) is 16.7 Å². The number of benzene rings is 3. The van der Waals surface area contributed by atoms with Crippen LogP contribution in [0, 0.1) is 6.92 Å². The molecule has 0 saturated carbocycles. The van der Waals surface area contributed by atoms with Gasteiger partial charge in [-0.1, -0.05) is 37.6 Å². The fraction of sp³-hybridized carbons (Fsp3) is 0.174. The van der Waals surface area contributed by atoms with E-state index in [9.17, 15) is 4.79 Å². The fourth-order valence-corrected chi connectivity index (χ4v) is 3.23. The zero-order valence-corrected chi connectivity index (χ0v) is 17.2. The number of nitrogens with zero attached hydrogens (tertiary/aromatic N) is 3. The molecule has 4 rings (SSSR count). The summed E-state index contributed by atoms with van der Waals surface area (Å²) in [5, 5.41) is 12.7. The third-order valence-corrected chi connectivity index (χ3v) is 5.12. The Hall–Kier alpha value is -3.18. The Balaban J connectivity index is 1.63. The smallest absolute Gasteiger partial charge is 0.255 e. The number of rotatable bonds is 4. The number of aromatic nitrogens is 3. The van der Waals surface area contributed by atoms with E-state index < -0.39 is 0 Å². The molecule has 0 aliphatic heterocycles. The Morgan fingerprint density at radius 3 is 2.21 bits per heavy atom. The molecule has 0 radical (unpaired) electrons. The number of halogens is 1. The highest BCUT2D eigenvalue weighted by Crippen LogP contribution is 2.23. The van der Waals surface area contributed by atoms with Gasteiger partial charge in [0.05, 0.1) is 5.69 Å². The lowest BCUT2D eigenvalue weighted by atomic mass is 10.0. The molecular weight excluding hydrogens is 384 g/mol. The number of carbonyl (C=O) groups is 1. The van der Waals surface area contributed by atoms with Gasteiger partial charge < -0.3 is 5.32 Å². The Labute approximate surface area is 174 Å². The maximum absolute atomic E-state index is 12.5. The molecule has 1 heterocycles. The van der Waals surface area contributed by atoms with Crippen LogP contribution in [-0.2, 0) is 0 Å². The van der Waals surface area contributed by atoms with E-state index >= 15 is 0 Å². The van der Waals surface area contributed by atoms with Crippen LogP contribution in [0.4, 0.5) is 5.69 Å². The van der Waals surface area contributed by atoms with Crippen LogP contribution >= 0.6 is 11.6 Å². The summed E-state index contributed by atoms with van der Waals surface area (Å²) in [5.41, 5.74) is 5.84. The predicted molar refractivity (Wildman–Crippen MR) is 117 cm³/mol. The molecule has 1 amide bonds. The molecule has 4 aromatic rings. The highest BCUT2D eigenvalue weighted by Gasteiger charge is 2.12. The van der Waals surface area contributed by atoms with Gasteiger partial charge in [0.15, 0.2) is 0 Å². The van der Waals surface area contributed by atoms with E-state index in [1.807, 2.05) is 31.2 Å². The normalized spacial score (nSPS) is 11.2. The van der Waals surface area contributed by atoms with Crippen molar-refractivity contribution in [1.29, 1.82) is 0 Å². The molecule has 3 aromatic carbocycles. The third kappa shape index (κ3) is 4.00. The van der Waals surface area contributed by atoms with Crippen LogP contribution in [0.2, 0.25) is 5.02 Å². The van der Waals surface area contributed by atoms with E-state index in [2.05, 4.69) is 41.5 Å². The number of aryl methyl sites for hydroxylation is 1. The topological polar surface area (TPSA) is 59.8 Å². The number of nitrogens with one attached hydrogen (secondary N) is 1. The zero-order valence-electron chi connectivity index (χ0n) is 16.5. The van der Waals surface area contributed by atoms with E-state index in [-0.39, 0.29) is 5.91 Å². The van der Waals surface area contributed by atoms with Gasteiger partial charge in [-0.25, -0.2) is 0 Å². The third-order valence-electron chi connectivity index (χ3n) is 4.87. The van der Waals surface area contributed by atoms with E-state index in [1.165, 1.54) is 5.56 Å². The van der Waals surface area contributed by atoms with Crippen molar-refractivity contribution in [1.82, 2.24) is 15.0 Å². The lowest BCUT2D eigenvalue weighted by Crippen LogP contribution is -2.12. The maximum Gasteiger partial charge on any atom is 0.255 e. The number of amides is 1. The zero-order chi connectivity index (χ0) is 20.5. The van der Waals surface area contributed by atoms with Gasteiger partial charge in [-0.15, -0.1) is 10.2 Å². The second-order valence-electron chi connectivity index (χ2n) is 7.35. The SMILES string of the molecule is Cc1cc2nn(-c3ccc(C(C)C)cc3)nc2cc1NC(=O)c1ccc(Cl)cc1. The maximum atomic E-state index is 12.5. The summed E-state index contributed by atoms with van der Waals surface area (Å²) in [4.78, 5) is 14.2. The molecule has 5 nitrogen and oxygen atoms in total. The molecule has 0 aliphatic rings. The van der Waals surface area contributed by atoms with Gasteiger partial charge in [-0.2, -0.15) is 4.80 Å². The molecule has 6 heteroatoms. The number of hydrogen-bond acceptors (Lipinski definition) is 3. The first kappa shape index (κ1) is 19.2. The molecule has 146 valence electrons. The van der Waals surface area contributed by atoms with Gasteiger partial charge in [0.25, 0.3) is 5.91 Å². The van der Waals surface area contributed by atoms with Gasteiger partial charge in [0, 0.05) is 16.3 Å². The Morgan fingerprint density at radius 1 is 0.966 bits per heavy atom. The number of carbonyl (C=O) groups excluding carboxylic acids is 1. The van der Waals surface area contributed by atoms with Crippen molar-refractivity contribution in [3.8, 4) is 5.69 Å². The first-order chi connectivity index (χ1) is 13.9. The summed E-state index contributed by atoms with van der Waals surface area (Å²) in [6, 6.07) is 18.8. The highest BCUT2D eigenvalue weighted by atomic mass is 35.5. The summed E-state index contributed by atoms with van der Waals surface area (Å²) in [6.45, 7) is 6.27. The van der Waals surface area contributed by atoms with Crippen molar-refractivity contribution in [3.05, 3.63) is 82.4 Å². The van der Waals surface area contributed by atoms with Gasteiger partial charge in [-0.05, 0) is 72.5 Å². The quantitative estimate of drug-likeness (QED) is 0.470. The predicted octanol–water partition coefficient (Wildman–Crippen LogP) is 5.76. The van der Waals surface area contributed by atoms with Crippen molar-refractivity contribution < 1.29 is 4.79 Å². The van der Waals surface area contributed by atoms with Crippen LogP contribution in [0.3, 0.4) is 0 Å². The van der Waals surface area contributed by atoms with Crippen molar-refractivity contribution >= 4 is 34.2 Å². The van der Waals surface area contributed by atoms with Crippen LogP contribution in [-0.4, -0.2) is 20.9 Å². The van der Waals surface area contributed by atoms with Crippen LogP contribution in [0.15, 0.2) is 60.7 Å². The minimum atomic E-state index is -0.194. The second-order valence-corrected chi connectivity index (χ2v) is 7.79. The van der Waals surface area contributed by atoms with Gasteiger partial charge in [-0.3, -0.25) is 4.79 Å². The van der Waals surface area contributed by atoms with Crippen molar-refractivity contribution in [3.63, 3.8) is 0 Å². The summed E-state index contributed by atoms with van der Waals surface area (Å²) < 4.78 is 0. The van der Waals surface area contributed by atoms with Gasteiger partial charge in [0.2, 0.25) is 0 Å². The molecule has 0 bridgehead atoms. The molecule has 0 fully saturated rings. The Morgan fingerprint density at radius 2 is 1.59 bits per heavy atom. The van der Waals surface area contributed by atoms with E-state index in [0.29, 0.717) is 22.2 Å². The molecule has 1 aromatic heterocycles. The van der Waals surface area contributed by atoms with E-state index in [0.717, 1.165) is 22.3 Å². The standard InChI is InChI=1S/C23H21ClN4O/c1-14(2)16-6-10-19(11-7-16)28-26-21-12-15(3)20(13-22(21)27-28)25-23(29)17-4-8-18(24)9-5-17/h4-14H,1-3H3,(H,25,29). The summed E-state index contributed by atoms with van der Waals surface area (Å²) in [5.74, 6) is 0.281. The molecule has 0 saturated heterocycles. The monoisotopic (exact) mass is 404 g/mol. The Bertz CT molecular complexity index is 1180. The molecule has 0 spiro atoms. The van der Waals surface area contributed by atoms with E-state index in [4.69, 9.17) is 11.6 Å². The first-order valence-electron chi connectivity index (χ1n) is 9.45. The second kappa shape index (κ2) is 7.68. The summed E-state index contributed by atoms with van der Waals surface area (Å²) in [6.07, 6.45) is 0. The minimum absolute atomic E-state index is 0.194. The fourth-order valence-electron chi connectivity index (χ4n) is 3.11. The van der Waals surface area contributed by atoms with Crippen LogP contribution < -0.4 is 5.32 Å². The number of fused-ring (bicyclic) bond motifs is 1. The molecule has 0 unspecified atom stereocenters. The number of hydrogen-bond donors (Lipinski definition) is 1. The van der Waals surface area contributed by atoms with Crippen molar-refractivity contribution in [2.75, 3.05) is 5.32 Å². The van der Waals surface area contributed by atoms with Crippen LogP contribution in [0.1, 0.15) is 41.3 Å². The van der Waals surface area contributed by atoms with Crippen molar-refractivity contribution in [2.45, 2.75) is 26.7 Å². The molecule has 0 aliphatic carbocycles. The van der Waals surface area contributed by atoms with Gasteiger partial charge in [0.1, 0.15) is 11.0 Å². The average molecular weight is 405 g/mol. The van der Waals surface area contributed by atoms with Crippen LogP contribution in [0.5, 0.6) is 0 Å². The lowest BCUT2D eigenvalue weighted by molar-refractivity contribution is 0.102. The van der Waals surface area contributed by atoms with E-state index in [1.54, 1.807) is 29.1 Å². The molecule has 0 atom stereocenters. The van der Waals surface area contributed by atoms with Crippen molar-refractivity contribution in [2.24, 2.45) is 0 Å². The van der Waals surface area contributed by atoms with Gasteiger partial charge >= 0.3 is 0 Å². The molecule has 29 heavy (non-hydrogen) atoms. The Kier molecular flexibility index (Phi) is 5.07. The summed E-state index contributed by atoms with van der Waals surface area (Å²) in [7, 11) is 0.